The Morgan fingerprint density at radius 1 is 1.21 bits per heavy atom. The van der Waals surface area contributed by atoms with Crippen molar-refractivity contribution in [1.82, 2.24) is 19.9 Å². The molecule has 5 rings (SSSR count). The Hall–Kier alpha value is -2.84. The summed E-state index contributed by atoms with van der Waals surface area (Å²) < 4.78 is 5.94. The summed E-state index contributed by atoms with van der Waals surface area (Å²) >= 11 is 7.84. The molecule has 3 N–H and O–H groups in total. The van der Waals surface area contributed by atoms with Crippen LogP contribution in [0.25, 0.3) is 11.0 Å². The van der Waals surface area contributed by atoms with E-state index in [4.69, 9.17) is 22.1 Å². The van der Waals surface area contributed by atoms with E-state index in [9.17, 15) is 0 Å². The number of aromatic nitrogens is 4. The standard InChI is InChI=1S/C20H19ClN6OS/c21-17-9-18(26-19(22)25-17)27(10-13-4-3-7-29-13)16-8-12(16)11-28-20-23-14-5-1-2-6-15(14)24-20/h1-7,9,12,16H,8,10-11H2,(H,23,24)(H2,22,25,26)/t12-,16-/m0/s1. The number of nitrogens with zero attached hydrogens (tertiary/aromatic N) is 4. The van der Waals surface area contributed by atoms with Crippen molar-refractivity contribution >= 4 is 45.7 Å². The molecule has 0 unspecified atom stereocenters. The fourth-order valence-electron chi connectivity index (χ4n) is 3.48. The second-order valence-corrected chi connectivity index (χ2v) is 8.47. The molecule has 7 nitrogen and oxygen atoms in total. The number of benzene rings is 1. The molecular formula is C20H19ClN6OS. The predicted octanol–water partition coefficient (Wildman–Crippen LogP) is 4.12. The zero-order chi connectivity index (χ0) is 19.8. The number of ether oxygens (including phenoxy) is 1. The molecule has 29 heavy (non-hydrogen) atoms. The Balaban J connectivity index is 1.30. The van der Waals surface area contributed by atoms with E-state index in [1.165, 1.54) is 4.88 Å². The number of rotatable bonds is 7. The minimum atomic E-state index is 0.180. The van der Waals surface area contributed by atoms with Crippen molar-refractivity contribution in [2.24, 2.45) is 5.92 Å². The third-order valence-corrected chi connectivity index (χ3v) is 6.04. The Bertz CT molecular complexity index is 1080. The van der Waals surface area contributed by atoms with Crippen LogP contribution in [-0.2, 0) is 6.54 Å². The van der Waals surface area contributed by atoms with Gasteiger partial charge in [-0.3, -0.25) is 0 Å². The molecule has 1 aliphatic carbocycles. The van der Waals surface area contributed by atoms with Gasteiger partial charge in [0, 0.05) is 22.9 Å². The maximum Gasteiger partial charge on any atom is 0.294 e. The number of nitrogens with one attached hydrogen (secondary N) is 1. The van der Waals surface area contributed by atoms with Crippen LogP contribution in [-0.4, -0.2) is 32.6 Å². The van der Waals surface area contributed by atoms with Gasteiger partial charge in [0.15, 0.2) is 0 Å². The van der Waals surface area contributed by atoms with Gasteiger partial charge in [0.25, 0.3) is 6.01 Å². The number of thiophene rings is 1. The summed E-state index contributed by atoms with van der Waals surface area (Å²) in [6.45, 7) is 1.33. The molecular weight excluding hydrogens is 408 g/mol. The quantitative estimate of drug-likeness (QED) is 0.432. The molecule has 0 amide bonds. The van der Waals surface area contributed by atoms with Crippen molar-refractivity contribution in [2.75, 3.05) is 17.2 Å². The second-order valence-electron chi connectivity index (χ2n) is 7.05. The number of aromatic amines is 1. The number of anilines is 2. The van der Waals surface area contributed by atoms with Gasteiger partial charge < -0.3 is 20.4 Å². The molecule has 0 bridgehead atoms. The Morgan fingerprint density at radius 3 is 2.90 bits per heavy atom. The molecule has 0 saturated heterocycles. The highest BCUT2D eigenvalue weighted by atomic mass is 35.5. The van der Waals surface area contributed by atoms with Crippen LogP contribution in [0.15, 0.2) is 47.8 Å². The average Bonchev–Trinajstić information content (AvgIpc) is 3.10. The first kappa shape index (κ1) is 18.2. The molecule has 1 saturated carbocycles. The van der Waals surface area contributed by atoms with Crippen LogP contribution in [0.3, 0.4) is 0 Å². The zero-order valence-electron chi connectivity index (χ0n) is 15.5. The van der Waals surface area contributed by atoms with Gasteiger partial charge in [0.2, 0.25) is 5.95 Å². The minimum absolute atomic E-state index is 0.180. The van der Waals surface area contributed by atoms with Gasteiger partial charge in [-0.1, -0.05) is 29.8 Å². The Morgan fingerprint density at radius 2 is 2.10 bits per heavy atom. The third-order valence-electron chi connectivity index (χ3n) is 4.99. The van der Waals surface area contributed by atoms with Crippen LogP contribution in [0.4, 0.5) is 11.8 Å². The van der Waals surface area contributed by atoms with E-state index in [1.54, 1.807) is 17.4 Å². The van der Waals surface area contributed by atoms with E-state index in [0.717, 1.165) is 29.8 Å². The van der Waals surface area contributed by atoms with E-state index in [2.05, 4.69) is 42.3 Å². The monoisotopic (exact) mass is 426 g/mol. The molecule has 0 radical (unpaired) electrons. The Kier molecular flexibility index (Phi) is 4.73. The van der Waals surface area contributed by atoms with Crippen LogP contribution < -0.4 is 15.4 Å². The fourth-order valence-corrected chi connectivity index (χ4v) is 4.37. The fraction of sp³-hybridized carbons (Fsp3) is 0.250. The summed E-state index contributed by atoms with van der Waals surface area (Å²) in [6, 6.07) is 14.7. The highest BCUT2D eigenvalue weighted by molar-refractivity contribution is 7.09. The summed E-state index contributed by atoms with van der Waals surface area (Å²) in [4.78, 5) is 19.6. The summed E-state index contributed by atoms with van der Waals surface area (Å²) in [5.74, 6) is 1.30. The van der Waals surface area contributed by atoms with Crippen molar-refractivity contribution in [2.45, 2.75) is 19.0 Å². The summed E-state index contributed by atoms with van der Waals surface area (Å²) in [6.07, 6.45) is 1.01. The average molecular weight is 427 g/mol. The first-order valence-corrected chi connectivity index (χ1v) is 10.6. The number of imidazole rings is 1. The first-order chi connectivity index (χ1) is 14.2. The third kappa shape index (κ3) is 3.99. The highest BCUT2D eigenvalue weighted by Crippen LogP contribution is 2.40. The number of hydrogen-bond donors (Lipinski definition) is 2. The van der Waals surface area contributed by atoms with E-state index >= 15 is 0 Å². The van der Waals surface area contributed by atoms with Gasteiger partial charge in [-0.2, -0.15) is 9.97 Å². The molecule has 3 aromatic heterocycles. The van der Waals surface area contributed by atoms with E-state index < -0.39 is 0 Å². The molecule has 1 aromatic carbocycles. The van der Waals surface area contributed by atoms with Gasteiger partial charge in [0.1, 0.15) is 11.0 Å². The van der Waals surface area contributed by atoms with Gasteiger partial charge in [-0.15, -0.1) is 11.3 Å². The number of hydrogen-bond acceptors (Lipinski definition) is 7. The van der Waals surface area contributed by atoms with Gasteiger partial charge in [-0.25, -0.2) is 4.98 Å². The minimum Gasteiger partial charge on any atom is -0.464 e. The molecule has 148 valence electrons. The lowest BCUT2D eigenvalue weighted by Gasteiger charge is -2.24. The maximum atomic E-state index is 6.13. The zero-order valence-corrected chi connectivity index (χ0v) is 17.0. The van der Waals surface area contributed by atoms with Crippen molar-refractivity contribution in [3.8, 4) is 6.01 Å². The lowest BCUT2D eigenvalue weighted by atomic mass is 10.3. The van der Waals surface area contributed by atoms with Crippen LogP contribution in [0.5, 0.6) is 6.01 Å². The number of fused-ring (bicyclic) bond motifs is 1. The van der Waals surface area contributed by atoms with Crippen LogP contribution >= 0.6 is 22.9 Å². The van der Waals surface area contributed by atoms with Crippen LogP contribution in [0.1, 0.15) is 11.3 Å². The SMILES string of the molecule is Nc1nc(Cl)cc(N(Cc2cccs2)[C@H]2C[C@H]2COc2nc3ccccc3[nH]2)n1. The molecule has 2 atom stereocenters. The smallest absolute Gasteiger partial charge is 0.294 e. The number of H-pyrrole nitrogens is 1. The van der Waals surface area contributed by atoms with E-state index in [0.29, 0.717) is 29.7 Å². The van der Waals surface area contributed by atoms with Crippen LogP contribution in [0, 0.1) is 5.92 Å². The lowest BCUT2D eigenvalue weighted by Crippen LogP contribution is -2.28. The van der Waals surface area contributed by atoms with E-state index in [-0.39, 0.29) is 5.95 Å². The number of halogens is 1. The number of para-hydroxylation sites is 2. The molecule has 1 aliphatic rings. The number of nitrogens with two attached hydrogens (primary N) is 1. The topological polar surface area (TPSA) is 93.0 Å². The first-order valence-electron chi connectivity index (χ1n) is 9.32. The van der Waals surface area contributed by atoms with Crippen molar-refractivity contribution in [3.05, 3.63) is 57.9 Å². The molecule has 0 spiro atoms. The van der Waals surface area contributed by atoms with Gasteiger partial charge in [0.05, 0.1) is 24.2 Å². The molecule has 9 heteroatoms. The molecule has 1 fully saturated rings. The molecule has 4 aromatic rings. The molecule has 3 heterocycles. The predicted molar refractivity (Wildman–Crippen MR) is 115 cm³/mol. The summed E-state index contributed by atoms with van der Waals surface area (Å²) in [7, 11) is 0. The van der Waals surface area contributed by atoms with Crippen molar-refractivity contribution in [3.63, 3.8) is 0 Å². The largest absolute Gasteiger partial charge is 0.464 e. The number of nitrogen functional groups attached to an aromatic ring is 1. The molecule has 0 aliphatic heterocycles. The highest BCUT2D eigenvalue weighted by Gasteiger charge is 2.43. The lowest BCUT2D eigenvalue weighted by molar-refractivity contribution is 0.276. The summed E-state index contributed by atoms with van der Waals surface area (Å²) in [5.41, 5.74) is 7.71. The summed E-state index contributed by atoms with van der Waals surface area (Å²) in [5, 5.41) is 2.42. The van der Waals surface area contributed by atoms with Gasteiger partial charge in [-0.05, 0) is 30.0 Å². The second kappa shape index (κ2) is 7.53. The van der Waals surface area contributed by atoms with Crippen LogP contribution in [0.2, 0.25) is 5.15 Å². The Labute approximate surface area is 176 Å². The normalized spacial score (nSPS) is 18.1. The van der Waals surface area contributed by atoms with Crippen molar-refractivity contribution in [1.29, 1.82) is 0 Å². The van der Waals surface area contributed by atoms with Crippen molar-refractivity contribution < 1.29 is 4.74 Å². The van der Waals surface area contributed by atoms with Gasteiger partial charge >= 0.3 is 0 Å². The van der Waals surface area contributed by atoms with E-state index in [1.807, 2.05) is 24.3 Å². The maximum absolute atomic E-state index is 6.13.